The van der Waals surface area contributed by atoms with Crippen molar-refractivity contribution in [1.29, 1.82) is 0 Å². The normalized spacial score (nSPS) is 11.7. The first-order chi connectivity index (χ1) is 14.3. The van der Waals surface area contributed by atoms with Gasteiger partial charge in [-0.1, -0.05) is 23.2 Å². The van der Waals surface area contributed by atoms with Crippen molar-refractivity contribution in [3.8, 4) is 11.4 Å². The molecule has 3 aromatic rings. The Morgan fingerprint density at radius 3 is 2.43 bits per heavy atom. The number of benzene rings is 2. The van der Waals surface area contributed by atoms with Gasteiger partial charge in [0.1, 0.15) is 11.4 Å². The molecule has 1 unspecified atom stereocenters. The number of aliphatic carboxylic acids is 1. The minimum Gasteiger partial charge on any atom is -0.496 e. The summed E-state index contributed by atoms with van der Waals surface area (Å²) in [6.45, 7) is 0. The molecule has 3 N–H and O–H groups in total. The van der Waals surface area contributed by atoms with Crippen LogP contribution in [0, 0.1) is 0 Å². The molecule has 0 saturated carbocycles. The highest BCUT2D eigenvalue weighted by atomic mass is 35.5. The average Bonchev–Trinajstić information content (AvgIpc) is 3.09. The average molecular weight is 450 g/mol. The third-order valence-electron chi connectivity index (χ3n) is 4.30. The van der Waals surface area contributed by atoms with E-state index >= 15 is 0 Å². The van der Waals surface area contributed by atoms with Crippen LogP contribution in [0.1, 0.15) is 28.5 Å². The number of aromatic amines is 1. The Balaban J connectivity index is 1.91. The number of rotatable bonds is 7. The van der Waals surface area contributed by atoms with E-state index in [4.69, 9.17) is 27.9 Å². The van der Waals surface area contributed by atoms with E-state index in [1.165, 1.54) is 17.9 Å². The molecule has 2 aromatic carbocycles. The van der Waals surface area contributed by atoms with Crippen molar-refractivity contribution < 1.29 is 19.4 Å². The summed E-state index contributed by atoms with van der Waals surface area (Å²) in [6.07, 6.45) is -0.412. The number of nitrogens with zero attached hydrogens (tertiary/aromatic N) is 1. The third kappa shape index (κ3) is 4.84. The van der Waals surface area contributed by atoms with E-state index in [0.29, 0.717) is 27.0 Å². The fourth-order valence-electron chi connectivity index (χ4n) is 2.92. The molecule has 3 rings (SSSR count). The van der Waals surface area contributed by atoms with Crippen LogP contribution in [-0.4, -0.2) is 33.9 Å². The number of halogens is 2. The molecule has 1 atom stereocenters. The van der Waals surface area contributed by atoms with Crippen LogP contribution in [0.2, 0.25) is 10.0 Å². The monoisotopic (exact) mass is 449 g/mol. The molecule has 0 aliphatic rings. The molecule has 0 aliphatic carbocycles. The van der Waals surface area contributed by atoms with Crippen molar-refractivity contribution in [3.63, 3.8) is 0 Å². The van der Waals surface area contributed by atoms with Crippen LogP contribution in [0.5, 0.6) is 5.75 Å². The highest BCUT2D eigenvalue weighted by molar-refractivity contribution is 6.30. The van der Waals surface area contributed by atoms with Gasteiger partial charge in [0.2, 0.25) is 0 Å². The molecule has 30 heavy (non-hydrogen) atoms. The van der Waals surface area contributed by atoms with Crippen molar-refractivity contribution in [3.05, 3.63) is 80.2 Å². The Kier molecular flexibility index (Phi) is 6.49. The van der Waals surface area contributed by atoms with E-state index in [1.54, 1.807) is 36.4 Å². The molecular formula is C20H17Cl2N3O5. The quantitative estimate of drug-likeness (QED) is 0.511. The highest BCUT2D eigenvalue weighted by Gasteiger charge is 2.24. The van der Waals surface area contributed by atoms with Gasteiger partial charge in [-0.3, -0.25) is 19.5 Å². The van der Waals surface area contributed by atoms with Crippen LogP contribution in [0.15, 0.2) is 53.3 Å². The van der Waals surface area contributed by atoms with Gasteiger partial charge in [0, 0.05) is 21.7 Å². The van der Waals surface area contributed by atoms with E-state index in [1.807, 2.05) is 0 Å². The van der Waals surface area contributed by atoms with Crippen LogP contribution < -0.4 is 15.6 Å². The predicted molar refractivity (Wildman–Crippen MR) is 112 cm³/mol. The molecule has 1 aromatic heterocycles. The maximum atomic E-state index is 12.8. The van der Waals surface area contributed by atoms with E-state index in [-0.39, 0.29) is 5.69 Å². The zero-order valence-electron chi connectivity index (χ0n) is 15.7. The summed E-state index contributed by atoms with van der Waals surface area (Å²) < 4.78 is 6.44. The minimum atomic E-state index is -1.13. The fourth-order valence-corrected chi connectivity index (χ4v) is 3.23. The number of nitrogens with one attached hydrogen (secondary N) is 2. The van der Waals surface area contributed by atoms with Crippen molar-refractivity contribution in [1.82, 2.24) is 15.1 Å². The van der Waals surface area contributed by atoms with E-state index in [9.17, 15) is 19.5 Å². The number of amides is 1. The first-order valence-electron chi connectivity index (χ1n) is 8.72. The zero-order chi connectivity index (χ0) is 21.8. The zero-order valence-corrected chi connectivity index (χ0v) is 17.2. The Bertz CT molecular complexity index is 1140. The molecule has 1 amide bonds. The van der Waals surface area contributed by atoms with Gasteiger partial charge in [-0.2, -0.15) is 0 Å². The molecule has 0 spiro atoms. The van der Waals surface area contributed by atoms with Crippen LogP contribution >= 0.6 is 23.2 Å². The Morgan fingerprint density at radius 2 is 1.80 bits per heavy atom. The summed E-state index contributed by atoms with van der Waals surface area (Å²) in [6, 6.07) is 11.3. The second-order valence-electron chi connectivity index (χ2n) is 6.33. The first-order valence-corrected chi connectivity index (χ1v) is 9.48. The second-order valence-corrected chi connectivity index (χ2v) is 7.20. The predicted octanol–water partition coefficient (Wildman–Crippen LogP) is 3.43. The topological polar surface area (TPSA) is 113 Å². The molecule has 0 radical (unpaired) electrons. The van der Waals surface area contributed by atoms with Crippen LogP contribution in [0.3, 0.4) is 0 Å². The summed E-state index contributed by atoms with van der Waals surface area (Å²) in [4.78, 5) is 36.4. The summed E-state index contributed by atoms with van der Waals surface area (Å²) in [5, 5.41) is 15.5. The molecule has 0 saturated heterocycles. The van der Waals surface area contributed by atoms with E-state index < -0.39 is 29.9 Å². The number of H-pyrrole nitrogens is 1. The van der Waals surface area contributed by atoms with Crippen LogP contribution in [0.4, 0.5) is 0 Å². The van der Waals surface area contributed by atoms with Gasteiger partial charge < -0.3 is 15.2 Å². The number of hydrogen-bond donors (Lipinski definition) is 3. The number of ether oxygens (including phenoxy) is 1. The van der Waals surface area contributed by atoms with Crippen LogP contribution in [0.25, 0.3) is 5.69 Å². The van der Waals surface area contributed by atoms with Gasteiger partial charge in [-0.15, -0.1) is 0 Å². The molecule has 0 fully saturated rings. The number of methoxy groups -OCH3 is 1. The van der Waals surface area contributed by atoms with Gasteiger partial charge in [0.05, 0.1) is 25.3 Å². The maximum Gasteiger partial charge on any atom is 0.305 e. The van der Waals surface area contributed by atoms with Gasteiger partial charge >= 0.3 is 5.97 Å². The number of hydrogen-bond acceptors (Lipinski definition) is 4. The summed E-state index contributed by atoms with van der Waals surface area (Å²) in [7, 11) is 1.43. The SMILES string of the molecule is COc1ccc(Cl)cc1C(CC(=O)O)NC(=O)c1cc(=O)n(-c2ccc(Cl)cc2)[nH]1. The summed E-state index contributed by atoms with van der Waals surface area (Å²) >= 11 is 11.9. The molecule has 8 nitrogen and oxygen atoms in total. The van der Waals surface area contributed by atoms with E-state index in [2.05, 4.69) is 10.4 Å². The van der Waals surface area contributed by atoms with Gasteiger partial charge in [0.25, 0.3) is 11.5 Å². The summed E-state index contributed by atoms with van der Waals surface area (Å²) in [5.41, 5.74) is 0.395. The van der Waals surface area contributed by atoms with Crippen molar-refractivity contribution in [2.24, 2.45) is 0 Å². The smallest absolute Gasteiger partial charge is 0.305 e. The number of carboxylic acid groups (broad SMARTS) is 1. The molecule has 0 bridgehead atoms. The molecule has 0 aliphatic heterocycles. The van der Waals surface area contributed by atoms with Crippen molar-refractivity contribution in [2.45, 2.75) is 12.5 Å². The Morgan fingerprint density at radius 1 is 1.13 bits per heavy atom. The van der Waals surface area contributed by atoms with Crippen LogP contribution in [-0.2, 0) is 4.79 Å². The number of aromatic nitrogens is 2. The lowest BCUT2D eigenvalue weighted by atomic mass is 10.0. The van der Waals surface area contributed by atoms with Gasteiger partial charge in [-0.25, -0.2) is 4.68 Å². The van der Waals surface area contributed by atoms with Gasteiger partial charge in [0.15, 0.2) is 0 Å². The number of carboxylic acids is 1. The molecule has 156 valence electrons. The fraction of sp³-hybridized carbons (Fsp3) is 0.150. The van der Waals surface area contributed by atoms with Crippen molar-refractivity contribution >= 4 is 35.1 Å². The lowest BCUT2D eigenvalue weighted by Crippen LogP contribution is -2.31. The first kappa shape index (κ1) is 21.5. The molecule has 1 heterocycles. The minimum absolute atomic E-state index is 0.0358. The largest absolute Gasteiger partial charge is 0.496 e. The lowest BCUT2D eigenvalue weighted by Gasteiger charge is -2.20. The lowest BCUT2D eigenvalue weighted by molar-refractivity contribution is -0.137. The Hall–Kier alpha value is -3.23. The number of carbonyl (C=O) groups excluding carboxylic acids is 1. The number of carbonyl (C=O) groups is 2. The highest BCUT2D eigenvalue weighted by Crippen LogP contribution is 2.30. The summed E-state index contributed by atoms with van der Waals surface area (Å²) in [5.74, 6) is -1.42. The van der Waals surface area contributed by atoms with Crippen molar-refractivity contribution in [2.75, 3.05) is 7.11 Å². The standard InChI is InChI=1S/C20H17Cl2N3O5/c1-30-17-7-4-12(22)8-14(17)15(10-19(27)28)23-20(29)16-9-18(26)25(24-16)13-5-2-11(21)3-6-13/h2-9,15,24H,10H2,1H3,(H,23,29)(H,27,28). The second kappa shape index (κ2) is 9.06. The molecular weight excluding hydrogens is 433 g/mol. The third-order valence-corrected chi connectivity index (χ3v) is 4.79. The maximum absolute atomic E-state index is 12.8. The van der Waals surface area contributed by atoms with Gasteiger partial charge in [-0.05, 0) is 42.5 Å². The Labute approximate surface area is 181 Å². The molecule has 10 heteroatoms. The van der Waals surface area contributed by atoms with E-state index in [0.717, 1.165) is 6.07 Å².